The Morgan fingerprint density at radius 1 is 0.658 bits per heavy atom. The van der Waals surface area contributed by atoms with Gasteiger partial charge in [-0.3, -0.25) is 0 Å². The quantitative estimate of drug-likeness (QED) is 0.230. The van der Waals surface area contributed by atoms with Gasteiger partial charge in [-0.15, -0.1) is 24.0 Å². The van der Waals surface area contributed by atoms with E-state index in [4.69, 9.17) is 5.73 Å². The Morgan fingerprint density at radius 2 is 1.00 bits per heavy atom. The van der Waals surface area contributed by atoms with Gasteiger partial charge in [0.25, 0.3) is 0 Å². The molecule has 2 atom stereocenters. The van der Waals surface area contributed by atoms with Crippen LogP contribution in [0.1, 0.15) is 98.3 Å². The fourth-order valence-electron chi connectivity index (χ4n) is 6.42. The molecular formula is C33H54IN2O2+. The summed E-state index contributed by atoms with van der Waals surface area (Å²) in [5.41, 5.74) is 9.82. The van der Waals surface area contributed by atoms with E-state index < -0.39 is 11.2 Å². The normalized spacial score (nSPS) is 20.3. The zero-order valence-electron chi connectivity index (χ0n) is 24.6. The van der Waals surface area contributed by atoms with Gasteiger partial charge in [-0.1, -0.05) is 98.2 Å². The van der Waals surface area contributed by atoms with Crippen molar-refractivity contribution in [2.24, 2.45) is 5.73 Å². The van der Waals surface area contributed by atoms with E-state index in [1.807, 2.05) is 0 Å². The molecule has 2 unspecified atom stereocenters. The molecule has 0 aliphatic heterocycles. The Hall–Kier alpha value is -0.990. The number of aliphatic hydroxyl groups is 2. The lowest BCUT2D eigenvalue weighted by molar-refractivity contribution is -0.872. The minimum absolute atomic E-state index is 0. The lowest BCUT2D eigenvalue weighted by Crippen LogP contribution is -2.48. The fraction of sp³-hybridized carbons (Fsp3) is 0.636. The highest BCUT2D eigenvalue weighted by Crippen LogP contribution is 2.41. The smallest absolute Gasteiger partial charge is 0.0878 e. The minimum Gasteiger partial charge on any atom is -0.389 e. The van der Waals surface area contributed by atoms with Gasteiger partial charge in [-0.25, -0.2) is 0 Å². The van der Waals surface area contributed by atoms with E-state index in [1.165, 1.54) is 35.1 Å². The molecular weight excluding hydrogens is 583 g/mol. The molecule has 0 saturated heterocycles. The van der Waals surface area contributed by atoms with Crippen molar-refractivity contribution in [2.45, 2.75) is 101 Å². The monoisotopic (exact) mass is 637 g/mol. The minimum atomic E-state index is -0.581. The molecule has 2 aromatic rings. The van der Waals surface area contributed by atoms with Crippen molar-refractivity contribution in [1.82, 2.24) is 0 Å². The van der Waals surface area contributed by atoms with Crippen LogP contribution in [0.15, 0.2) is 48.5 Å². The van der Waals surface area contributed by atoms with Gasteiger partial charge in [0.1, 0.15) is 0 Å². The van der Waals surface area contributed by atoms with Crippen molar-refractivity contribution in [3.63, 3.8) is 0 Å². The van der Waals surface area contributed by atoms with Crippen LogP contribution in [0.4, 0.5) is 0 Å². The van der Waals surface area contributed by atoms with Crippen molar-refractivity contribution in [2.75, 3.05) is 34.2 Å². The van der Waals surface area contributed by atoms with Crippen LogP contribution in [0.2, 0.25) is 0 Å². The van der Waals surface area contributed by atoms with Crippen molar-refractivity contribution in [1.29, 1.82) is 0 Å². The number of hydrogen-bond acceptors (Lipinski definition) is 3. The number of rotatable bonds is 7. The van der Waals surface area contributed by atoms with Gasteiger partial charge in [-0.05, 0) is 50.7 Å². The Morgan fingerprint density at radius 3 is 1.34 bits per heavy atom. The van der Waals surface area contributed by atoms with Gasteiger partial charge < -0.3 is 20.4 Å². The van der Waals surface area contributed by atoms with Crippen LogP contribution in [0.5, 0.6) is 0 Å². The lowest BCUT2D eigenvalue weighted by Gasteiger charge is -2.42. The molecule has 0 radical (unpaired) electrons. The number of hydrogen-bond donors (Lipinski definition) is 3. The predicted octanol–water partition coefficient (Wildman–Crippen LogP) is 6.83. The zero-order chi connectivity index (χ0) is 27.1. The van der Waals surface area contributed by atoms with Gasteiger partial charge in [0.15, 0.2) is 0 Å². The standard InChI is InChI=1S/C18H30NO.C15H23NO.HI/c1-15-8-10-16(11-9-15)17(14-19(2,3)4)18(20)12-6-5-7-13-18;1-12-5-7-13(8-6-12)14(11-16)15(17)9-3-2-4-10-15;/h8-11,17,20H,5-7,12-14H2,1-4H3;5-8,14,17H,2-4,9-11,16H2,1H3;1H/q+1;;. The van der Waals surface area contributed by atoms with Gasteiger partial charge in [0.2, 0.25) is 0 Å². The number of aryl methyl sites for hydroxylation is 2. The summed E-state index contributed by atoms with van der Waals surface area (Å²) >= 11 is 0. The van der Waals surface area contributed by atoms with Crippen LogP contribution in [0, 0.1) is 13.8 Å². The number of quaternary nitrogens is 1. The van der Waals surface area contributed by atoms with Gasteiger partial charge in [-0.2, -0.15) is 0 Å². The van der Waals surface area contributed by atoms with E-state index in [-0.39, 0.29) is 35.8 Å². The molecule has 0 bridgehead atoms. The summed E-state index contributed by atoms with van der Waals surface area (Å²) in [5, 5.41) is 22.0. The maximum absolute atomic E-state index is 11.2. The van der Waals surface area contributed by atoms with Crippen molar-refractivity contribution in [3.8, 4) is 0 Å². The molecule has 2 aromatic carbocycles. The molecule has 38 heavy (non-hydrogen) atoms. The van der Waals surface area contributed by atoms with Crippen molar-refractivity contribution in [3.05, 3.63) is 70.8 Å². The molecule has 0 amide bonds. The predicted molar refractivity (Wildman–Crippen MR) is 171 cm³/mol. The van der Waals surface area contributed by atoms with E-state index in [0.29, 0.717) is 6.54 Å². The molecule has 4 N–H and O–H groups in total. The van der Waals surface area contributed by atoms with E-state index >= 15 is 0 Å². The van der Waals surface area contributed by atoms with Crippen LogP contribution in [0.25, 0.3) is 0 Å². The van der Waals surface area contributed by atoms with Gasteiger partial charge in [0, 0.05) is 12.5 Å². The third-order valence-electron chi connectivity index (χ3n) is 8.66. The number of nitrogens with two attached hydrogens (primary N) is 1. The highest BCUT2D eigenvalue weighted by Gasteiger charge is 2.41. The first-order valence-electron chi connectivity index (χ1n) is 14.5. The molecule has 2 fully saturated rings. The third-order valence-corrected chi connectivity index (χ3v) is 8.66. The summed E-state index contributed by atoms with van der Waals surface area (Å²) in [5.74, 6) is 0.326. The number of benzene rings is 2. The van der Waals surface area contributed by atoms with Gasteiger partial charge >= 0.3 is 0 Å². The van der Waals surface area contributed by atoms with Crippen LogP contribution in [-0.4, -0.2) is 60.1 Å². The third kappa shape index (κ3) is 9.29. The summed E-state index contributed by atoms with van der Waals surface area (Å²) < 4.78 is 0.890. The zero-order valence-corrected chi connectivity index (χ0v) is 26.9. The average molecular weight is 638 g/mol. The molecule has 0 heterocycles. The van der Waals surface area contributed by atoms with Crippen LogP contribution >= 0.6 is 24.0 Å². The largest absolute Gasteiger partial charge is 0.389 e. The molecule has 0 aromatic heterocycles. The maximum Gasteiger partial charge on any atom is 0.0878 e. The number of nitrogens with zero attached hydrogens (tertiary/aromatic N) is 1. The van der Waals surface area contributed by atoms with Crippen molar-refractivity contribution >= 4 is 24.0 Å². The number of halogens is 1. The topological polar surface area (TPSA) is 66.5 Å². The highest BCUT2D eigenvalue weighted by atomic mass is 127. The molecule has 4 rings (SSSR count). The first-order chi connectivity index (χ1) is 17.5. The molecule has 2 aliphatic rings. The fourth-order valence-corrected chi connectivity index (χ4v) is 6.42. The maximum atomic E-state index is 11.2. The van der Waals surface area contributed by atoms with Crippen molar-refractivity contribution < 1.29 is 14.7 Å². The summed E-state index contributed by atoms with van der Waals surface area (Å²) in [6, 6.07) is 17.2. The van der Waals surface area contributed by atoms with E-state index in [0.717, 1.165) is 62.4 Å². The second-order valence-corrected chi connectivity index (χ2v) is 13.0. The summed E-state index contributed by atoms with van der Waals surface area (Å²) in [7, 11) is 6.65. The molecule has 4 nitrogen and oxygen atoms in total. The highest BCUT2D eigenvalue weighted by molar-refractivity contribution is 14.0. The van der Waals surface area contributed by atoms with Crippen LogP contribution in [-0.2, 0) is 0 Å². The second kappa shape index (κ2) is 14.6. The molecule has 0 spiro atoms. The second-order valence-electron chi connectivity index (χ2n) is 13.0. The molecule has 2 saturated carbocycles. The Kier molecular flexibility index (Phi) is 12.7. The summed E-state index contributed by atoms with van der Waals surface area (Å²) in [6.45, 7) is 5.71. The van der Waals surface area contributed by atoms with Crippen LogP contribution < -0.4 is 5.73 Å². The lowest BCUT2D eigenvalue weighted by atomic mass is 9.72. The first-order valence-corrected chi connectivity index (χ1v) is 14.5. The Bertz CT molecular complexity index is 940. The average Bonchev–Trinajstić information content (AvgIpc) is 2.85. The summed E-state index contributed by atoms with van der Waals surface area (Å²) in [4.78, 5) is 0. The molecule has 5 heteroatoms. The van der Waals surface area contributed by atoms with Gasteiger partial charge in [0.05, 0.1) is 44.8 Å². The molecule has 214 valence electrons. The SMILES string of the molecule is Cc1ccc(C(CN)C2(O)CCCCC2)cc1.Cc1ccc(C(C[N+](C)(C)C)C2(O)CCCCC2)cc1.I. The first kappa shape index (κ1) is 33.2. The van der Waals surface area contributed by atoms with E-state index in [1.54, 1.807) is 0 Å². The molecule has 2 aliphatic carbocycles. The van der Waals surface area contributed by atoms with Crippen LogP contribution in [0.3, 0.4) is 0 Å². The Balaban J connectivity index is 0.000000263. The number of likely N-dealkylation sites (N-methyl/N-ethyl adjacent to an activating group) is 1. The van der Waals surface area contributed by atoms with E-state index in [2.05, 4.69) is 83.5 Å². The summed E-state index contributed by atoms with van der Waals surface area (Å²) in [6.07, 6.45) is 10.8. The van der Waals surface area contributed by atoms with E-state index in [9.17, 15) is 10.2 Å². The Labute approximate surface area is 249 Å².